The zero-order valence-corrected chi connectivity index (χ0v) is 8.21. The lowest BCUT2D eigenvalue weighted by molar-refractivity contribution is 1.40. The van der Waals surface area contributed by atoms with Crippen LogP contribution in [-0.4, -0.2) is 9.97 Å². The Bertz CT molecular complexity index is 551. The minimum atomic E-state index is 1.07. The fourth-order valence-corrected chi connectivity index (χ4v) is 2.19. The van der Waals surface area contributed by atoms with Gasteiger partial charge in [0, 0.05) is 17.5 Å². The minimum Gasteiger partial charge on any atom is -0.361 e. The third-order valence-corrected chi connectivity index (χ3v) is 3.05. The van der Waals surface area contributed by atoms with Crippen molar-refractivity contribution in [2.24, 2.45) is 0 Å². The number of hydrogen-bond donors (Lipinski definition) is 1. The van der Waals surface area contributed by atoms with Crippen LogP contribution in [0.15, 0.2) is 42.0 Å². The smallest absolute Gasteiger partial charge is 0.0818 e. The van der Waals surface area contributed by atoms with Crippen LogP contribution < -0.4 is 0 Å². The van der Waals surface area contributed by atoms with E-state index in [0.717, 1.165) is 11.2 Å². The number of aromatic nitrogens is 2. The maximum atomic E-state index is 4.29. The number of nitrogens with zero attached hydrogens (tertiary/aromatic N) is 1. The number of rotatable bonds is 1. The summed E-state index contributed by atoms with van der Waals surface area (Å²) in [5.74, 6) is 0. The predicted octanol–water partition coefficient (Wildman–Crippen LogP) is 3.29. The predicted molar refractivity (Wildman–Crippen MR) is 59.4 cm³/mol. The molecular weight excluding hydrogens is 192 g/mol. The Morgan fingerprint density at radius 2 is 2.21 bits per heavy atom. The molecule has 2 nitrogen and oxygen atoms in total. The van der Waals surface area contributed by atoms with Crippen LogP contribution in [0.4, 0.5) is 0 Å². The van der Waals surface area contributed by atoms with E-state index in [-0.39, 0.29) is 0 Å². The van der Waals surface area contributed by atoms with Crippen LogP contribution in [-0.2, 0) is 0 Å². The van der Waals surface area contributed by atoms with Gasteiger partial charge in [-0.05, 0) is 24.3 Å². The topological polar surface area (TPSA) is 28.7 Å². The molecule has 0 unspecified atom stereocenters. The molecule has 1 N–H and O–H groups in total. The second kappa shape index (κ2) is 2.96. The van der Waals surface area contributed by atoms with Gasteiger partial charge in [0.2, 0.25) is 0 Å². The summed E-state index contributed by atoms with van der Waals surface area (Å²) in [6.07, 6.45) is 1.93. The molecule has 3 aromatic rings. The molecule has 14 heavy (non-hydrogen) atoms. The molecular formula is C11H8N2S. The van der Waals surface area contributed by atoms with E-state index >= 15 is 0 Å². The van der Waals surface area contributed by atoms with Crippen molar-refractivity contribution in [1.29, 1.82) is 0 Å². The zero-order valence-electron chi connectivity index (χ0n) is 7.40. The normalized spacial score (nSPS) is 10.9. The Balaban J connectivity index is 2.23. The molecule has 3 heteroatoms. The lowest BCUT2D eigenvalue weighted by atomic mass is 10.1. The van der Waals surface area contributed by atoms with Crippen LogP contribution in [0.3, 0.4) is 0 Å². The summed E-state index contributed by atoms with van der Waals surface area (Å²) in [7, 11) is 0. The van der Waals surface area contributed by atoms with Gasteiger partial charge >= 0.3 is 0 Å². The summed E-state index contributed by atoms with van der Waals surface area (Å²) in [5, 5.41) is 0. The third-order valence-electron chi connectivity index (χ3n) is 2.24. The summed E-state index contributed by atoms with van der Waals surface area (Å²) in [6, 6.07) is 10.4. The van der Waals surface area contributed by atoms with E-state index in [9.17, 15) is 0 Å². The van der Waals surface area contributed by atoms with Gasteiger partial charge < -0.3 is 4.98 Å². The molecule has 0 radical (unpaired) electrons. The minimum absolute atomic E-state index is 1.07. The van der Waals surface area contributed by atoms with Crippen molar-refractivity contribution in [3.05, 3.63) is 42.0 Å². The lowest BCUT2D eigenvalue weighted by Crippen LogP contribution is -1.76. The quantitative estimate of drug-likeness (QED) is 0.641. The molecule has 0 bridgehead atoms. The number of benzene rings is 1. The van der Waals surface area contributed by atoms with Gasteiger partial charge in [0.05, 0.1) is 15.7 Å². The van der Waals surface area contributed by atoms with Crippen molar-refractivity contribution >= 4 is 21.6 Å². The molecule has 0 amide bonds. The molecule has 0 atom stereocenters. The largest absolute Gasteiger partial charge is 0.361 e. The molecule has 2 heterocycles. The first-order chi connectivity index (χ1) is 6.93. The Kier molecular flexibility index (Phi) is 1.64. The number of thiazole rings is 1. The summed E-state index contributed by atoms with van der Waals surface area (Å²) in [6.45, 7) is 0. The van der Waals surface area contributed by atoms with Crippen molar-refractivity contribution < 1.29 is 0 Å². The zero-order chi connectivity index (χ0) is 9.38. The SMILES string of the molecule is c1c[nH]c(-c2ccc3scnc3c2)c1. The summed E-state index contributed by atoms with van der Waals surface area (Å²) < 4.78 is 1.24. The van der Waals surface area contributed by atoms with Gasteiger partial charge in [-0.15, -0.1) is 11.3 Å². The van der Waals surface area contributed by atoms with E-state index in [1.165, 1.54) is 10.3 Å². The van der Waals surface area contributed by atoms with Gasteiger partial charge in [-0.1, -0.05) is 6.07 Å². The Morgan fingerprint density at radius 1 is 1.21 bits per heavy atom. The van der Waals surface area contributed by atoms with Gasteiger partial charge in [0.25, 0.3) is 0 Å². The molecule has 1 aromatic carbocycles. The average Bonchev–Trinajstić information content (AvgIpc) is 2.88. The van der Waals surface area contributed by atoms with Crippen LogP contribution in [0, 0.1) is 0 Å². The molecule has 0 saturated heterocycles. The molecule has 68 valence electrons. The highest BCUT2D eigenvalue weighted by Crippen LogP contribution is 2.24. The highest BCUT2D eigenvalue weighted by Gasteiger charge is 2.00. The van der Waals surface area contributed by atoms with Gasteiger partial charge in [0.1, 0.15) is 0 Å². The fourth-order valence-electron chi connectivity index (χ4n) is 1.54. The Morgan fingerprint density at radius 3 is 3.07 bits per heavy atom. The summed E-state index contributed by atoms with van der Waals surface area (Å²) in [4.78, 5) is 7.48. The molecule has 0 aliphatic rings. The molecule has 0 aliphatic heterocycles. The standard InChI is InChI=1S/C11H8N2S/c1-2-9(12-5-1)8-3-4-11-10(6-8)13-7-14-11/h1-7,12H. The fraction of sp³-hybridized carbons (Fsp3) is 0. The van der Waals surface area contributed by atoms with E-state index in [4.69, 9.17) is 0 Å². The maximum Gasteiger partial charge on any atom is 0.0818 e. The monoisotopic (exact) mass is 200 g/mol. The Labute approximate surface area is 85.2 Å². The number of hydrogen-bond acceptors (Lipinski definition) is 2. The first kappa shape index (κ1) is 7.76. The van der Waals surface area contributed by atoms with E-state index in [2.05, 4.69) is 34.2 Å². The number of nitrogens with one attached hydrogen (secondary N) is 1. The maximum absolute atomic E-state index is 4.29. The Hall–Kier alpha value is -1.61. The second-order valence-electron chi connectivity index (χ2n) is 3.12. The third kappa shape index (κ3) is 1.14. The first-order valence-corrected chi connectivity index (χ1v) is 5.28. The van der Waals surface area contributed by atoms with Crippen molar-refractivity contribution in [1.82, 2.24) is 9.97 Å². The van der Waals surface area contributed by atoms with E-state index in [1.807, 2.05) is 17.8 Å². The summed E-state index contributed by atoms with van der Waals surface area (Å²) >= 11 is 1.67. The van der Waals surface area contributed by atoms with Gasteiger partial charge in [-0.2, -0.15) is 0 Å². The highest BCUT2D eigenvalue weighted by atomic mass is 32.1. The number of H-pyrrole nitrogens is 1. The van der Waals surface area contributed by atoms with Crippen molar-refractivity contribution in [3.63, 3.8) is 0 Å². The van der Waals surface area contributed by atoms with Crippen LogP contribution in [0.5, 0.6) is 0 Å². The van der Waals surface area contributed by atoms with Crippen LogP contribution in [0.1, 0.15) is 0 Å². The molecule has 0 saturated carbocycles. The van der Waals surface area contributed by atoms with Crippen LogP contribution in [0.25, 0.3) is 21.5 Å². The van der Waals surface area contributed by atoms with E-state index in [1.54, 1.807) is 11.3 Å². The molecule has 2 aromatic heterocycles. The van der Waals surface area contributed by atoms with Crippen LogP contribution >= 0.6 is 11.3 Å². The summed E-state index contributed by atoms with van der Waals surface area (Å²) in [5.41, 5.74) is 5.28. The van der Waals surface area contributed by atoms with Crippen molar-refractivity contribution in [2.75, 3.05) is 0 Å². The molecule has 0 aliphatic carbocycles. The molecule has 3 rings (SSSR count). The molecule has 0 fully saturated rings. The van der Waals surface area contributed by atoms with Gasteiger partial charge in [-0.3, -0.25) is 0 Å². The van der Waals surface area contributed by atoms with Crippen LogP contribution in [0.2, 0.25) is 0 Å². The van der Waals surface area contributed by atoms with Crippen molar-refractivity contribution in [2.45, 2.75) is 0 Å². The van der Waals surface area contributed by atoms with E-state index in [0.29, 0.717) is 0 Å². The van der Waals surface area contributed by atoms with Gasteiger partial charge in [-0.25, -0.2) is 4.98 Å². The lowest BCUT2D eigenvalue weighted by Gasteiger charge is -1.96. The number of fused-ring (bicyclic) bond motifs is 1. The second-order valence-corrected chi connectivity index (χ2v) is 4.01. The van der Waals surface area contributed by atoms with E-state index < -0.39 is 0 Å². The van der Waals surface area contributed by atoms with Gasteiger partial charge in [0.15, 0.2) is 0 Å². The van der Waals surface area contributed by atoms with Crippen molar-refractivity contribution in [3.8, 4) is 11.3 Å². The first-order valence-electron chi connectivity index (χ1n) is 4.40. The highest BCUT2D eigenvalue weighted by molar-refractivity contribution is 7.16. The molecule has 0 spiro atoms. The average molecular weight is 200 g/mol. The number of aromatic amines is 1.